The average Bonchev–Trinajstić information content (AvgIpc) is 1.94. The second-order valence-electron chi connectivity index (χ2n) is 8.18. The number of hydrogen-bond donors (Lipinski definition) is 0. The van der Waals surface area contributed by atoms with Gasteiger partial charge in [0.05, 0.1) is 0 Å². The van der Waals surface area contributed by atoms with E-state index in [2.05, 4.69) is 55.4 Å². The standard InChI is InChI=1S/C15H34Si/c1-12(2)16-10-13(3)9-15(7,8)11-14(4,5)6/h12-13H,9-11,16H2,1-8H3. The third-order valence-electron chi connectivity index (χ3n) is 3.15. The largest absolute Gasteiger partial charge is 0.0657 e. The quantitative estimate of drug-likeness (QED) is 0.582. The van der Waals surface area contributed by atoms with Crippen LogP contribution in [0.25, 0.3) is 0 Å². The minimum atomic E-state index is 0.188. The van der Waals surface area contributed by atoms with E-state index >= 15 is 0 Å². The maximum absolute atomic E-state index is 2.46. The van der Waals surface area contributed by atoms with E-state index < -0.39 is 0 Å². The molecule has 0 aromatic carbocycles. The summed E-state index contributed by atoms with van der Waals surface area (Å²) in [6.45, 7) is 19.2. The molecule has 0 aliphatic carbocycles. The van der Waals surface area contributed by atoms with Gasteiger partial charge in [0.2, 0.25) is 0 Å². The Kier molecular flexibility index (Phi) is 6.32. The van der Waals surface area contributed by atoms with Gasteiger partial charge in [0, 0.05) is 9.52 Å². The zero-order valence-corrected chi connectivity index (χ0v) is 14.4. The first-order valence-corrected chi connectivity index (χ1v) is 8.83. The predicted octanol–water partition coefficient (Wildman–Crippen LogP) is 4.89. The fourth-order valence-electron chi connectivity index (χ4n) is 3.17. The molecule has 0 spiro atoms. The van der Waals surface area contributed by atoms with Crippen LogP contribution in [0.3, 0.4) is 0 Å². The molecule has 1 unspecified atom stereocenters. The van der Waals surface area contributed by atoms with Crippen LogP contribution in [0, 0.1) is 16.7 Å². The molecule has 0 aliphatic heterocycles. The Morgan fingerprint density at radius 1 is 0.938 bits per heavy atom. The Morgan fingerprint density at radius 2 is 1.44 bits per heavy atom. The summed E-state index contributed by atoms with van der Waals surface area (Å²) in [7, 11) is 0.188. The van der Waals surface area contributed by atoms with Crippen molar-refractivity contribution >= 4 is 9.52 Å². The van der Waals surface area contributed by atoms with E-state index in [1.807, 2.05) is 0 Å². The number of rotatable bonds is 6. The summed E-state index contributed by atoms with van der Waals surface area (Å²) in [5, 5.41) is 0. The van der Waals surface area contributed by atoms with Crippen molar-refractivity contribution in [3.8, 4) is 0 Å². The van der Waals surface area contributed by atoms with Gasteiger partial charge in [-0.25, -0.2) is 0 Å². The summed E-state index contributed by atoms with van der Waals surface area (Å²) in [6.07, 6.45) is 2.75. The molecule has 0 aromatic heterocycles. The third kappa shape index (κ3) is 9.44. The molecule has 0 aliphatic rings. The van der Waals surface area contributed by atoms with Gasteiger partial charge in [-0.2, -0.15) is 0 Å². The molecule has 0 saturated carbocycles. The van der Waals surface area contributed by atoms with Crippen LogP contribution in [0.15, 0.2) is 0 Å². The molecule has 0 amide bonds. The highest BCUT2D eigenvalue weighted by molar-refractivity contribution is 6.37. The summed E-state index contributed by atoms with van der Waals surface area (Å²) in [5.74, 6) is 0.936. The van der Waals surface area contributed by atoms with Gasteiger partial charge >= 0.3 is 0 Å². The Morgan fingerprint density at radius 3 is 1.81 bits per heavy atom. The second-order valence-corrected chi connectivity index (χ2v) is 11.0. The lowest BCUT2D eigenvalue weighted by Crippen LogP contribution is -2.23. The van der Waals surface area contributed by atoms with Crippen molar-refractivity contribution in [3.05, 3.63) is 0 Å². The zero-order chi connectivity index (χ0) is 13.0. The Hall–Kier alpha value is 0.217. The van der Waals surface area contributed by atoms with Crippen molar-refractivity contribution in [1.29, 1.82) is 0 Å². The first-order valence-electron chi connectivity index (χ1n) is 7.02. The van der Waals surface area contributed by atoms with Crippen molar-refractivity contribution < 1.29 is 0 Å². The molecule has 0 rings (SSSR count). The zero-order valence-electron chi connectivity index (χ0n) is 13.0. The minimum absolute atomic E-state index is 0.188. The highest BCUT2D eigenvalue weighted by Crippen LogP contribution is 2.38. The molecule has 0 bridgehead atoms. The van der Waals surface area contributed by atoms with Crippen molar-refractivity contribution in [1.82, 2.24) is 0 Å². The van der Waals surface area contributed by atoms with Gasteiger partial charge in [-0.15, -0.1) is 0 Å². The van der Waals surface area contributed by atoms with Gasteiger partial charge < -0.3 is 0 Å². The topological polar surface area (TPSA) is 0 Å². The average molecular weight is 243 g/mol. The third-order valence-corrected chi connectivity index (χ3v) is 5.62. The molecule has 1 atom stereocenters. The van der Waals surface area contributed by atoms with E-state index in [1.54, 1.807) is 0 Å². The van der Waals surface area contributed by atoms with Crippen molar-refractivity contribution in [2.45, 2.75) is 79.8 Å². The number of hydrogen-bond acceptors (Lipinski definition) is 0. The molecule has 0 fully saturated rings. The van der Waals surface area contributed by atoms with Crippen LogP contribution in [-0.4, -0.2) is 9.52 Å². The molecule has 0 nitrogen and oxygen atoms in total. The van der Waals surface area contributed by atoms with Crippen molar-refractivity contribution in [2.24, 2.45) is 16.7 Å². The van der Waals surface area contributed by atoms with E-state index in [1.165, 1.54) is 18.9 Å². The van der Waals surface area contributed by atoms with Crippen LogP contribution in [-0.2, 0) is 0 Å². The molecular weight excluding hydrogens is 208 g/mol. The van der Waals surface area contributed by atoms with E-state index in [9.17, 15) is 0 Å². The lowest BCUT2D eigenvalue weighted by atomic mass is 9.72. The van der Waals surface area contributed by atoms with Crippen molar-refractivity contribution in [2.75, 3.05) is 0 Å². The normalized spacial score (nSPS) is 16.3. The first kappa shape index (κ1) is 16.2. The summed E-state index contributed by atoms with van der Waals surface area (Å²) in [4.78, 5) is 0. The van der Waals surface area contributed by atoms with Crippen LogP contribution in [0.4, 0.5) is 0 Å². The summed E-state index contributed by atoms with van der Waals surface area (Å²) in [5.41, 5.74) is 1.98. The van der Waals surface area contributed by atoms with E-state index in [0.29, 0.717) is 10.8 Å². The van der Waals surface area contributed by atoms with Gasteiger partial charge in [-0.05, 0) is 29.6 Å². The van der Waals surface area contributed by atoms with Crippen LogP contribution in [0.5, 0.6) is 0 Å². The fourth-order valence-corrected chi connectivity index (χ4v) is 4.61. The predicted molar refractivity (Wildman–Crippen MR) is 80.1 cm³/mol. The maximum atomic E-state index is 2.46. The van der Waals surface area contributed by atoms with Crippen LogP contribution < -0.4 is 0 Å². The molecule has 0 heterocycles. The van der Waals surface area contributed by atoms with E-state index in [4.69, 9.17) is 0 Å². The van der Waals surface area contributed by atoms with E-state index in [-0.39, 0.29) is 9.52 Å². The Bertz CT molecular complexity index is 186. The molecule has 1 heteroatoms. The highest BCUT2D eigenvalue weighted by atomic mass is 28.2. The minimum Gasteiger partial charge on any atom is -0.0657 e. The summed E-state index contributed by atoms with van der Waals surface area (Å²) >= 11 is 0. The monoisotopic (exact) mass is 242 g/mol. The highest BCUT2D eigenvalue weighted by Gasteiger charge is 2.26. The molecule has 0 radical (unpaired) electrons. The molecule has 98 valence electrons. The lowest BCUT2D eigenvalue weighted by molar-refractivity contribution is 0.179. The van der Waals surface area contributed by atoms with Gasteiger partial charge in [0.25, 0.3) is 0 Å². The molecular formula is C15H34Si. The smallest absolute Gasteiger partial charge is 0.0227 e. The maximum Gasteiger partial charge on any atom is 0.0227 e. The summed E-state index contributed by atoms with van der Waals surface area (Å²) < 4.78 is 0. The SMILES string of the molecule is CC(C[SiH2]C(C)C)CC(C)(C)CC(C)(C)C. The van der Waals surface area contributed by atoms with E-state index in [0.717, 1.165) is 11.5 Å². The van der Waals surface area contributed by atoms with Gasteiger partial charge in [-0.1, -0.05) is 67.0 Å². The van der Waals surface area contributed by atoms with Crippen LogP contribution in [0.2, 0.25) is 11.6 Å². The molecule has 0 aromatic rings. The second kappa shape index (κ2) is 6.23. The molecule has 16 heavy (non-hydrogen) atoms. The van der Waals surface area contributed by atoms with Gasteiger partial charge in [-0.3, -0.25) is 0 Å². The lowest BCUT2D eigenvalue weighted by Gasteiger charge is -2.34. The van der Waals surface area contributed by atoms with Crippen LogP contribution >= 0.6 is 0 Å². The van der Waals surface area contributed by atoms with Gasteiger partial charge in [0.15, 0.2) is 0 Å². The first-order chi connectivity index (χ1) is 7.02. The molecule has 0 N–H and O–H groups in total. The summed E-state index contributed by atoms with van der Waals surface area (Å²) in [6, 6.07) is 1.53. The molecule has 0 saturated heterocycles. The van der Waals surface area contributed by atoms with Crippen molar-refractivity contribution in [3.63, 3.8) is 0 Å². The van der Waals surface area contributed by atoms with Gasteiger partial charge in [0.1, 0.15) is 0 Å². The van der Waals surface area contributed by atoms with Crippen LogP contribution in [0.1, 0.15) is 68.2 Å². The Balaban J connectivity index is 4.05. The fraction of sp³-hybridized carbons (Fsp3) is 1.00. The Labute approximate surface area is 106 Å².